The van der Waals surface area contributed by atoms with Gasteiger partial charge in [-0.15, -0.1) is 0 Å². The Morgan fingerprint density at radius 3 is 2.12 bits per heavy atom. The third kappa shape index (κ3) is 22.8. The van der Waals surface area contributed by atoms with Crippen molar-refractivity contribution in [1.29, 1.82) is 0 Å². The summed E-state index contributed by atoms with van der Waals surface area (Å²) in [5.41, 5.74) is 3.99. The van der Waals surface area contributed by atoms with E-state index in [0.717, 1.165) is 87.9 Å². The third-order valence-corrected chi connectivity index (χ3v) is 21.5. The highest BCUT2D eigenvalue weighted by Crippen LogP contribution is 2.66. The van der Waals surface area contributed by atoms with E-state index >= 15 is 0 Å². The number of amides is 2. The van der Waals surface area contributed by atoms with Gasteiger partial charge in [0.05, 0.1) is 87.3 Å². The van der Waals surface area contributed by atoms with Gasteiger partial charge in [0, 0.05) is 73.1 Å². The monoisotopic (exact) mass is 1460 g/mol. The highest BCUT2D eigenvalue weighted by atomic mass is 32.2. The number of allylic oxidation sites excluding steroid dienone is 8. The Balaban J connectivity index is 0.733. The first-order valence-corrected chi connectivity index (χ1v) is 38.0. The first-order valence-electron chi connectivity index (χ1n) is 30.7. The van der Waals surface area contributed by atoms with Crippen LogP contribution in [0.25, 0.3) is 0 Å². The molecule has 2 amide bonds. The fourth-order valence-electron chi connectivity index (χ4n) is 11.2. The van der Waals surface area contributed by atoms with Gasteiger partial charge in [-0.1, -0.05) is 50.3 Å². The van der Waals surface area contributed by atoms with Gasteiger partial charge in [0.25, 0.3) is 15.7 Å². The molecule has 1 fully saturated rings. The number of aliphatic hydroxyl groups is 1. The number of hydrogen-bond donors (Lipinski definition) is 9. The summed E-state index contributed by atoms with van der Waals surface area (Å²) in [7, 11) is -24.1. The number of benzene rings is 2. The van der Waals surface area contributed by atoms with Crippen molar-refractivity contribution in [2.75, 3.05) is 91.0 Å². The van der Waals surface area contributed by atoms with Crippen LogP contribution in [0.3, 0.4) is 0 Å². The number of fused-ring (bicyclic) bond motifs is 2. The van der Waals surface area contributed by atoms with E-state index in [1.54, 1.807) is 12.1 Å². The summed E-state index contributed by atoms with van der Waals surface area (Å²) in [5, 5.41) is 15.8. The van der Waals surface area contributed by atoms with Crippen LogP contribution in [0.2, 0.25) is 0 Å². The zero-order valence-electron chi connectivity index (χ0n) is 53.9. The second kappa shape index (κ2) is 33.9. The predicted octanol–water partition coefficient (Wildman–Crippen LogP) is 4.26. The summed E-state index contributed by atoms with van der Waals surface area (Å²) in [4.78, 5) is 90.1. The van der Waals surface area contributed by atoms with E-state index in [4.69, 9.17) is 33.5 Å². The number of nitrogens with zero attached hydrogens (tertiary/aromatic N) is 3. The van der Waals surface area contributed by atoms with Crippen molar-refractivity contribution in [3.05, 3.63) is 127 Å². The molecule has 0 saturated carbocycles. The molecule has 37 heteroatoms. The van der Waals surface area contributed by atoms with Gasteiger partial charge < -0.3 is 68.5 Å². The molecular formula is C60H81N6O26P3S2. The number of phosphoric ester groups is 1. The van der Waals surface area contributed by atoms with E-state index in [9.17, 15) is 73.7 Å². The second-order valence-electron chi connectivity index (χ2n) is 23.8. The number of nitrogens with one attached hydrogen (secondary N) is 3. The van der Waals surface area contributed by atoms with Crippen LogP contribution in [0, 0.1) is 11.8 Å². The van der Waals surface area contributed by atoms with Crippen LogP contribution in [-0.4, -0.2) is 181 Å². The third-order valence-electron chi connectivity index (χ3n) is 16.0. The van der Waals surface area contributed by atoms with Crippen LogP contribution in [0.4, 0.5) is 11.4 Å². The van der Waals surface area contributed by atoms with Crippen LogP contribution in [0.15, 0.2) is 109 Å². The normalized spacial score (nSPS) is 20.5. The zero-order chi connectivity index (χ0) is 71.2. The van der Waals surface area contributed by atoms with Gasteiger partial charge in [0.2, 0.25) is 17.5 Å². The number of hydrogen-bond acceptors (Lipinski definition) is 22. The fraction of sp³-hybridized carbons (Fsp3) is 0.517. The van der Waals surface area contributed by atoms with Crippen molar-refractivity contribution >= 4 is 72.6 Å². The van der Waals surface area contributed by atoms with Crippen molar-refractivity contribution < 1.29 is 115 Å². The molecule has 97 heavy (non-hydrogen) atoms. The molecule has 9 N–H and O–H groups in total. The second-order valence-corrected chi connectivity index (χ2v) is 31.0. The van der Waals surface area contributed by atoms with E-state index in [0.29, 0.717) is 39.1 Å². The number of aromatic nitrogens is 2. The molecule has 0 radical (unpaired) electrons. The Kier molecular flexibility index (Phi) is 27.4. The Hall–Kier alpha value is -5.96. The molecule has 7 rings (SSSR count). The smallest absolute Gasteiger partial charge is 0.490 e. The highest BCUT2D eigenvalue weighted by Gasteiger charge is 2.46. The lowest BCUT2D eigenvalue weighted by Crippen LogP contribution is -2.34. The van der Waals surface area contributed by atoms with Gasteiger partial charge in [-0.05, 0) is 99.1 Å². The Morgan fingerprint density at radius 1 is 0.804 bits per heavy atom. The first-order chi connectivity index (χ1) is 45.5. The first kappa shape index (κ1) is 78.4. The average molecular weight is 1460 g/mol. The van der Waals surface area contributed by atoms with Gasteiger partial charge in [-0.3, -0.25) is 33.0 Å². The molecule has 2 unspecified atom stereocenters. The number of rotatable bonds is 35. The van der Waals surface area contributed by atoms with Crippen molar-refractivity contribution in [3.63, 3.8) is 0 Å². The number of phosphoric acid groups is 3. The minimum atomic E-state index is -5.80. The molecule has 1 saturated heterocycles. The molecular weight excluding hydrogens is 1380 g/mol. The van der Waals surface area contributed by atoms with Crippen molar-refractivity contribution in [3.8, 4) is 11.8 Å². The van der Waals surface area contributed by atoms with Gasteiger partial charge in [0.15, 0.2) is 5.71 Å². The van der Waals surface area contributed by atoms with Crippen LogP contribution < -0.4 is 26.8 Å². The maximum Gasteiger partial charge on any atom is 0.490 e. The lowest BCUT2D eigenvalue weighted by Gasteiger charge is -2.27. The Morgan fingerprint density at radius 2 is 1.45 bits per heavy atom. The van der Waals surface area contributed by atoms with Gasteiger partial charge in [-0.25, -0.2) is 26.9 Å². The van der Waals surface area contributed by atoms with E-state index < -0.39 is 96.7 Å². The lowest BCUT2D eigenvalue weighted by molar-refractivity contribution is -0.401. The number of anilines is 1. The van der Waals surface area contributed by atoms with E-state index in [1.807, 2.05) is 44.3 Å². The minimum Gasteiger partial charge on any atom is -0.744 e. The number of aromatic amines is 1. The number of ether oxygens (including phenoxy) is 5. The van der Waals surface area contributed by atoms with Crippen LogP contribution in [0.5, 0.6) is 0 Å². The zero-order valence-corrected chi connectivity index (χ0v) is 58.2. The fourth-order valence-corrected chi connectivity index (χ4v) is 15.2. The summed E-state index contributed by atoms with van der Waals surface area (Å²) < 4.78 is 147. The molecule has 5 atom stereocenters. The van der Waals surface area contributed by atoms with Crippen LogP contribution >= 0.6 is 23.5 Å². The molecule has 3 aromatic rings. The Labute approximate surface area is 560 Å². The number of carbonyl (C=O) groups excluding carboxylic acids is 2. The molecule has 3 aliphatic heterocycles. The lowest BCUT2D eigenvalue weighted by atomic mass is 9.81. The maximum atomic E-state index is 12.7. The largest absolute Gasteiger partial charge is 0.744 e. The number of unbranched alkanes of at least 4 members (excludes halogenated alkanes) is 2. The van der Waals surface area contributed by atoms with E-state index in [2.05, 4.69) is 70.9 Å². The quantitative estimate of drug-likeness (QED) is 0.0131. The van der Waals surface area contributed by atoms with Crippen LogP contribution in [0.1, 0.15) is 108 Å². The number of aliphatic hydroxyl groups excluding tert-OH is 1. The van der Waals surface area contributed by atoms with Gasteiger partial charge in [-0.2, -0.15) is 21.6 Å². The molecule has 4 heterocycles. The molecule has 1 aromatic heterocycles. The molecule has 534 valence electrons. The van der Waals surface area contributed by atoms with E-state index in [1.165, 1.54) is 24.3 Å². The number of H-pyrrole nitrogens is 1. The summed E-state index contributed by atoms with van der Waals surface area (Å²) >= 11 is 0. The standard InChI is InChI=1S/C60H81N6O26P3S2/c1-59(2)46-36-44(96(79,80)81)17-19-48(46)64(5)52(59)21-15-41-11-9-12-42(35-41)16-22-53-60(3,4)47-37-45(97(82,83)84)18-20-49(47)65(53)26-8-6-7-14-54(68)62-25-28-86-30-32-88-34-33-87-31-29-85-27-23-55(69)61-24-10-13-43-39-66(58(71)63-57(43)70)56-38-50(67)51(90-56)40-89-94(75,76)92-95(77,78)91-93(72,73)74/h15-22,35-37,39,50-51,56,67H,6-9,11-12,14,23-34,38,40H2,1-5H3,(H8-,61,62,63,68,69,70,71,72,73,74,75,76,77,78,79,80,81,82,83,84)/t50-,51+,56+/m0/s1. The average Bonchev–Trinajstić information content (AvgIpc) is 1.60. The van der Waals surface area contributed by atoms with Crippen molar-refractivity contribution in [2.24, 2.45) is 0 Å². The predicted molar refractivity (Wildman–Crippen MR) is 347 cm³/mol. The van der Waals surface area contributed by atoms with Crippen molar-refractivity contribution in [1.82, 2.24) is 20.2 Å². The SMILES string of the molecule is C[N+]1=C(/C=C/C2=CC(=C/C=C3/N(CCCCCC(=O)NCCOCCOCCOCCOCCC(=O)NCC#Cc4cn([C@H]5C[C@H](O)[C@@H](COP(=O)(O)OP(=O)(O)OP(=O)(O)O)O5)c(=O)[nH]c4=O)c4ccc(S(=O)(=O)[O-])cc4C3(C)C)/CCC2)C(C)(C)c2cc(S(=O)(=O)O)ccc21. The maximum absolute atomic E-state index is 12.7. The van der Waals surface area contributed by atoms with Crippen LogP contribution in [-0.2, 0) is 91.2 Å². The molecule has 0 spiro atoms. The summed E-state index contributed by atoms with van der Waals surface area (Å²) in [5.74, 6) is 4.54. The summed E-state index contributed by atoms with van der Waals surface area (Å²) in [6.07, 6.45) is 11.9. The highest BCUT2D eigenvalue weighted by molar-refractivity contribution is 7.86. The van der Waals surface area contributed by atoms with Gasteiger partial charge in [0.1, 0.15) is 35.1 Å². The molecule has 0 bridgehead atoms. The van der Waals surface area contributed by atoms with Gasteiger partial charge >= 0.3 is 29.2 Å². The molecule has 2 aromatic carbocycles. The summed E-state index contributed by atoms with van der Waals surface area (Å²) in [6.45, 7) is 9.66. The summed E-state index contributed by atoms with van der Waals surface area (Å²) in [6, 6.07) is 9.13. The minimum absolute atomic E-state index is 0.0261. The topological polar surface area (TPSA) is 457 Å². The van der Waals surface area contributed by atoms with Crippen molar-refractivity contribution in [2.45, 2.75) is 125 Å². The molecule has 4 aliphatic rings. The van der Waals surface area contributed by atoms with E-state index in [-0.39, 0.29) is 80.3 Å². The Bertz CT molecular complexity index is 4130. The molecule has 32 nitrogen and oxygen atoms in total. The molecule has 1 aliphatic carbocycles. The number of carbonyl (C=O) groups is 2.